The van der Waals surface area contributed by atoms with Gasteiger partial charge in [0.05, 0.1) is 5.92 Å². The van der Waals surface area contributed by atoms with Crippen LogP contribution in [-0.4, -0.2) is 34.5 Å². The van der Waals surface area contributed by atoms with Gasteiger partial charge in [-0.05, 0) is 50.9 Å². The van der Waals surface area contributed by atoms with Crippen molar-refractivity contribution >= 4 is 11.9 Å². The number of nitrogens with zero attached hydrogens (tertiary/aromatic N) is 1. The van der Waals surface area contributed by atoms with Gasteiger partial charge in [-0.1, -0.05) is 0 Å². The summed E-state index contributed by atoms with van der Waals surface area (Å²) in [6.45, 7) is 2.62. The van der Waals surface area contributed by atoms with Crippen LogP contribution in [0.4, 0.5) is 0 Å². The van der Waals surface area contributed by atoms with Crippen molar-refractivity contribution < 1.29 is 14.7 Å². The van der Waals surface area contributed by atoms with Crippen molar-refractivity contribution in [2.24, 2.45) is 23.7 Å². The van der Waals surface area contributed by atoms with Crippen LogP contribution in [-0.2, 0) is 9.59 Å². The summed E-state index contributed by atoms with van der Waals surface area (Å²) in [4.78, 5) is 25.3. The number of amides is 1. The summed E-state index contributed by atoms with van der Waals surface area (Å²) in [6.07, 6.45) is 4.72. The number of carboxylic acid groups (broad SMARTS) is 1. The SMILES string of the molecule is CC1CC(C(=O)O)CCN1C(=O)C1CC2CC2C1. The first-order valence-corrected chi connectivity index (χ1v) is 7.09. The maximum atomic E-state index is 12.4. The predicted octanol–water partition coefficient (Wildman–Crippen LogP) is 1.74. The van der Waals surface area contributed by atoms with Crippen LogP contribution in [0.1, 0.15) is 39.0 Å². The first kappa shape index (κ1) is 12.0. The fourth-order valence-electron chi connectivity index (χ4n) is 3.87. The molecule has 4 heteroatoms. The molecule has 4 atom stereocenters. The Morgan fingerprint density at radius 3 is 2.28 bits per heavy atom. The second-order valence-corrected chi connectivity index (χ2v) is 6.36. The van der Waals surface area contributed by atoms with Crippen molar-refractivity contribution in [3.8, 4) is 0 Å². The molecule has 3 aliphatic rings. The van der Waals surface area contributed by atoms with E-state index in [4.69, 9.17) is 5.11 Å². The molecule has 0 radical (unpaired) electrons. The summed E-state index contributed by atoms with van der Waals surface area (Å²) < 4.78 is 0. The van der Waals surface area contributed by atoms with Crippen molar-refractivity contribution in [2.45, 2.75) is 45.1 Å². The van der Waals surface area contributed by atoms with E-state index in [0.717, 1.165) is 24.7 Å². The van der Waals surface area contributed by atoms with E-state index in [1.807, 2.05) is 11.8 Å². The fourth-order valence-corrected chi connectivity index (χ4v) is 3.87. The van der Waals surface area contributed by atoms with Gasteiger partial charge in [0.1, 0.15) is 0 Å². The average molecular weight is 251 g/mol. The quantitative estimate of drug-likeness (QED) is 0.813. The zero-order chi connectivity index (χ0) is 12.9. The lowest BCUT2D eigenvalue weighted by Crippen LogP contribution is -2.48. The van der Waals surface area contributed by atoms with Crippen LogP contribution in [0.3, 0.4) is 0 Å². The third kappa shape index (κ3) is 2.02. The number of hydrogen-bond donors (Lipinski definition) is 1. The Kier molecular flexibility index (Phi) is 2.83. The van der Waals surface area contributed by atoms with E-state index in [1.165, 1.54) is 6.42 Å². The number of aliphatic carboxylic acids is 1. The Bertz CT molecular complexity index is 371. The highest BCUT2D eigenvalue weighted by Gasteiger charge is 2.49. The average Bonchev–Trinajstić information content (AvgIpc) is 2.95. The van der Waals surface area contributed by atoms with Gasteiger partial charge in [0, 0.05) is 18.5 Å². The molecule has 1 aliphatic heterocycles. The van der Waals surface area contributed by atoms with Gasteiger partial charge in [-0.3, -0.25) is 9.59 Å². The molecule has 0 aromatic heterocycles. The minimum absolute atomic E-state index is 0.0873. The second kappa shape index (κ2) is 4.25. The van der Waals surface area contributed by atoms with Crippen molar-refractivity contribution in [1.29, 1.82) is 0 Å². The Morgan fingerprint density at radius 1 is 1.06 bits per heavy atom. The van der Waals surface area contributed by atoms with Crippen molar-refractivity contribution in [2.75, 3.05) is 6.54 Å². The number of fused-ring (bicyclic) bond motifs is 1. The summed E-state index contributed by atoms with van der Waals surface area (Å²) in [5.74, 6) is 1.20. The Morgan fingerprint density at radius 2 is 1.72 bits per heavy atom. The van der Waals surface area contributed by atoms with Crippen LogP contribution in [0.5, 0.6) is 0 Å². The Hall–Kier alpha value is -1.06. The monoisotopic (exact) mass is 251 g/mol. The first-order valence-electron chi connectivity index (χ1n) is 7.09. The topological polar surface area (TPSA) is 57.6 Å². The number of hydrogen-bond acceptors (Lipinski definition) is 2. The third-order valence-electron chi connectivity index (χ3n) is 5.10. The summed E-state index contributed by atoms with van der Waals surface area (Å²) in [5.41, 5.74) is 0. The third-order valence-corrected chi connectivity index (χ3v) is 5.10. The smallest absolute Gasteiger partial charge is 0.306 e. The van der Waals surface area contributed by atoms with Crippen LogP contribution >= 0.6 is 0 Å². The Balaban J connectivity index is 1.59. The van der Waals surface area contributed by atoms with E-state index in [1.54, 1.807) is 0 Å². The van der Waals surface area contributed by atoms with Gasteiger partial charge in [0.2, 0.25) is 5.91 Å². The van der Waals surface area contributed by atoms with Gasteiger partial charge in [-0.2, -0.15) is 0 Å². The van der Waals surface area contributed by atoms with E-state index >= 15 is 0 Å². The molecule has 0 spiro atoms. The van der Waals surface area contributed by atoms with E-state index in [-0.39, 0.29) is 17.9 Å². The summed E-state index contributed by atoms with van der Waals surface area (Å²) in [6, 6.07) is 0.0873. The van der Waals surface area contributed by atoms with Gasteiger partial charge in [0.25, 0.3) is 0 Å². The molecule has 1 N–H and O–H groups in total. The number of carboxylic acids is 1. The molecule has 4 nitrogen and oxygen atoms in total. The van der Waals surface area contributed by atoms with Crippen LogP contribution in [0.2, 0.25) is 0 Å². The highest BCUT2D eigenvalue weighted by molar-refractivity contribution is 5.80. The zero-order valence-electron chi connectivity index (χ0n) is 10.8. The summed E-state index contributed by atoms with van der Waals surface area (Å²) in [7, 11) is 0. The molecular weight excluding hydrogens is 230 g/mol. The summed E-state index contributed by atoms with van der Waals surface area (Å²) >= 11 is 0. The standard InChI is InChI=1S/C14H21NO3/c1-8-4-9(14(17)18)2-3-15(8)13(16)12-6-10-5-11(10)7-12/h8-12H,2-7H2,1H3,(H,17,18). The minimum atomic E-state index is -0.712. The van der Waals surface area contributed by atoms with Crippen LogP contribution < -0.4 is 0 Å². The van der Waals surface area contributed by atoms with Crippen molar-refractivity contribution in [3.05, 3.63) is 0 Å². The molecule has 3 rings (SSSR count). The molecule has 2 aliphatic carbocycles. The van der Waals surface area contributed by atoms with E-state index in [2.05, 4.69) is 0 Å². The summed E-state index contributed by atoms with van der Waals surface area (Å²) in [5, 5.41) is 9.03. The van der Waals surface area contributed by atoms with Gasteiger partial charge in [-0.25, -0.2) is 0 Å². The normalized spacial score (nSPS) is 42.5. The van der Waals surface area contributed by atoms with Crippen molar-refractivity contribution in [1.82, 2.24) is 4.90 Å². The second-order valence-electron chi connectivity index (χ2n) is 6.36. The van der Waals surface area contributed by atoms with E-state index < -0.39 is 5.97 Å². The molecular formula is C14H21NO3. The lowest BCUT2D eigenvalue weighted by atomic mass is 9.90. The molecule has 1 heterocycles. The number of piperidine rings is 1. The molecule has 0 bridgehead atoms. The number of carbonyl (C=O) groups excluding carboxylic acids is 1. The fraction of sp³-hybridized carbons (Fsp3) is 0.857. The molecule has 18 heavy (non-hydrogen) atoms. The highest BCUT2D eigenvalue weighted by atomic mass is 16.4. The van der Waals surface area contributed by atoms with Crippen LogP contribution in [0.15, 0.2) is 0 Å². The molecule has 3 fully saturated rings. The Labute approximate surface area is 107 Å². The van der Waals surface area contributed by atoms with Gasteiger partial charge < -0.3 is 10.0 Å². The molecule has 2 saturated carbocycles. The largest absolute Gasteiger partial charge is 0.481 e. The molecule has 1 amide bonds. The van der Waals surface area contributed by atoms with E-state index in [9.17, 15) is 9.59 Å². The van der Waals surface area contributed by atoms with Gasteiger partial charge in [-0.15, -0.1) is 0 Å². The van der Waals surface area contributed by atoms with Gasteiger partial charge >= 0.3 is 5.97 Å². The predicted molar refractivity (Wildman–Crippen MR) is 65.9 cm³/mol. The molecule has 1 saturated heterocycles. The van der Waals surface area contributed by atoms with E-state index in [0.29, 0.717) is 25.3 Å². The van der Waals surface area contributed by atoms with Crippen molar-refractivity contribution in [3.63, 3.8) is 0 Å². The molecule has 4 unspecified atom stereocenters. The number of carbonyl (C=O) groups is 2. The maximum Gasteiger partial charge on any atom is 0.306 e. The highest BCUT2D eigenvalue weighted by Crippen LogP contribution is 2.54. The molecule has 0 aromatic rings. The first-order chi connectivity index (χ1) is 8.56. The molecule has 0 aromatic carbocycles. The number of likely N-dealkylation sites (tertiary alicyclic amines) is 1. The maximum absolute atomic E-state index is 12.4. The van der Waals surface area contributed by atoms with Crippen LogP contribution in [0, 0.1) is 23.7 Å². The van der Waals surface area contributed by atoms with Crippen LogP contribution in [0.25, 0.3) is 0 Å². The van der Waals surface area contributed by atoms with Gasteiger partial charge in [0.15, 0.2) is 0 Å². The lowest BCUT2D eigenvalue weighted by Gasteiger charge is -2.38. The lowest BCUT2D eigenvalue weighted by molar-refractivity contribution is -0.149. The zero-order valence-corrected chi connectivity index (χ0v) is 10.8. The number of rotatable bonds is 2. The minimum Gasteiger partial charge on any atom is -0.481 e. The molecule has 100 valence electrons.